The summed E-state index contributed by atoms with van der Waals surface area (Å²) in [5.41, 5.74) is 0. The lowest BCUT2D eigenvalue weighted by molar-refractivity contribution is -0.140. The summed E-state index contributed by atoms with van der Waals surface area (Å²) in [7, 11) is 1.73. The molecule has 4 heteroatoms. The van der Waals surface area contributed by atoms with Crippen LogP contribution in [0.2, 0.25) is 0 Å². The first-order chi connectivity index (χ1) is 4.63. The zero-order valence-corrected chi connectivity index (χ0v) is 6.52. The zero-order valence-electron chi connectivity index (χ0n) is 5.70. The number of hydrogen-bond acceptors (Lipinski definition) is 2. The molecule has 0 spiro atoms. The zero-order chi connectivity index (χ0) is 7.72. The van der Waals surface area contributed by atoms with E-state index in [2.05, 4.69) is 0 Å². The van der Waals surface area contributed by atoms with Crippen molar-refractivity contribution in [3.05, 3.63) is 0 Å². The van der Waals surface area contributed by atoms with E-state index >= 15 is 0 Å². The first kappa shape index (κ1) is 7.47. The second-order valence-electron chi connectivity index (χ2n) is 2.40. The van der Waals surface area contributed by atoms with Crippen molar-refractivity contribution in [2.75, 3.05) is 7.05 Å². The van der Waals surface area contributed by atoms with Crippen molar-refractivity contribution in [1.82, 2.24) is 4.90 Å². The van der Waals surface area contributed by atoms with E-state index in [0.717, 1.165) is 11.4 Å². The van der Waals surface area contributed by atoms with E-state index in [9.17, 15) is 4.79 Å². The van der Waals surface area contributed by atoms with Crippen molar-refractivity contribution < 1.29 is 9.90 Å². The molecule has 1 rings (SSSR count). The molecule has 0 amide bonds. The number of carboxylic acid groups (broad SMARTS) is 1. The summed E-state index contributed by atoms with van der Waals surface area (Å²) in [6.45, 7) is 0. The highest BCUT2D eigenvalue weighted by Crippen LogP contribution is 2.17. The van der Waals surface area contributed by atoms with E-state index in [-0.39, 0.29) is 6.04 Å². The number of rotatable bonds is 1. The van der Waals surface area contributed by atoms with Gasteiger partial charge in [-0.1, -0.05) is 12.2 Å². The Kier molecular flexibility index (Phi) is 1.89. The van der Waals surface area contributed by atoms with Crippen molar-refractivity contribution in [2.24, 2.45) is 0 Å². The fraction of sp³-hybridized carbons (Fsp3) is 0.667. The number of aliphatic carboxylic acids is 1. The van der Waals surface area contributed by atoms with Crippen molar-refractivity contribution >= 4 is 23.2 Å². The molecule has 56 valence electrons. The number of likely N-dealkylation sites (tertiary alicyclic amines) is 1. The van der Waals surface area contributed by atoms with Crippen LogP contribution >= 0.6 is 12.2 Å². The molecule has 1 fully saturated rings. The van der Waals surface area contributed by atoms with Crippen LogP contribution < -0.4 is 0 Å². The van der Waals surface area contributed by atoms with Crippen LogP contribution in [0, 0.1) is 0 Å². The van der Waals surface area contributed by atoms with Crippen LogP contribution in [0.3, 0.4) is 0 Å². The molecule has 1 heterocycles. The van der Waals surface area contributed by atoms with Crippen LogP contribution in [0.4, 0.5) is 0 Å². The van der Waals surface area contributed by atoms with Crippen LogP contribution in [0.1, 0.15) is 12.8 Å². The van der Waals surface area contributed by atoms with Gasteiger partial charge in [0.1, 0.15) is 6.04 Å². The Morgan fingerprint density at radius 1 is 1.90 bits per heavy atom. The van der Waals surface area contributed by atoms with E-state index in [1.54, 1.807) is 11.9 Å². The fourth-order valence-corrected chi connectivity index (χ4v) is 1.34. The molecular formula is C6H9NO2S. The van der Waals surface area contributed by atoms with E-state index in [4.69, 9.17) is 17.3 Å². The third-order valence-electron chi connectivity index (χ3n) is 1.78. The molecule has 1 aliphatic heterocycles. The molecule has 0 aromatic carbocycles. The lowest BCUT2D eigenvalue weighted by Crippen LogP contribution is -2.34. The molecule has 1 N–H and O–H groups in total. The highest BCUT2D eigenvalue weighted by molar-refractivity contribution is 7.80. The Bertz CT molecular complexity index is 181. The number of hydrogen-bond donors (Lipinski definition) is 1. The summed E-state index contributed by atoms with van der Waals surface area (Å²) in [5.74, 6) is -0.776. The van der Waals surface area contributed by atoms with Gasteiger partial charge in [0.2, 0.25) is 0 Å². The number of carbonyl (C=O) groups is 1. The van der Waals surface area contributed by atoms with Crippen molar-refractivity contribution in [3.8, 4) is 0 Å². The Labute approximate surface area is 64.6 Å². The van der Waals surface area contributed by atoms with Gasteiger partial charge < -0.3 is 10.0 Å². The van der Waals surface area contributed by atoms with Gasteiger partial charge in [0, 0.05) is 13.5 Å². The highest BCUT2D eigenvalue weighted by atomic mass is 32.1. The van der Waals surface area contributed by atoms with Crippen molar-refractivity contribution in [1.29, 1.82) is 0 Å². The highest BCUT2D eigenvalue weighted by Gasteiger charge is 2.30. The third kappa shape index (κ3) is 1.11. The molecule has 3 nitrogen and oxygen atoms in total. The topological polar surface area (TPSA) is 40.5 Å². The Morgan fingerprint density at radius 2 is 2.50 bits per heavy atom. The van der Waals surface area contributed by atoms with Crippen LogP contribution in [-0.2, 0) is 4.79 Å². The van der Waals surface area contributed by atoms with Crippen LogP contribution in [0.5, 0.6) is 0 Å². The SMILES string of the molecule is CN1C(=S)CC[C@H]1C(=O)O. The minimum absolute atomic E-state index is 0.382. The number of nitrogens with zero attached hydrogens (tertiary/aromatic N) is 1. The second-order valence-corrected chi connectivity index (χ2v) is 2.87. The Balaban J connectivity index is 2.66. The maximum Gasteiger partial charge on any atom is 0.326 e. The second kappa shape index (κ2) is 2.54. The predicted molar refractivity (Wildman–Crippen MR) is 41.0 cm³/mol. The summed E-state index contributed by atoms with van der Waals surface area (Å²) in [5, 5.41) is 8.60. The molecule has 0 saturated carbocycles. The average molecular weight is 159 g/mol. The van der Waals surface area contributed by atoms with Gasteiger partial charge in [-0.05, 0) is 6.42 Å². The Morgan fingerprint density at radius 3 is 2.70 bits per heavy atom. The molecule has 0 bridgehead atoms. The molecule has 0 unspecified atom stereocenters. The molecule has 0 radical (unpaired) electrons. The van der Waals surface area contributed by atoms with Crippen LogP contribution in [0.25, 0.3) is 0 Å². The molecule has 10 heavy (non-hydrogen) atoms. The molecule has 0 aromatic heterocycles. The molecule has 1 atom stereocenters. The monoisotopic (exact) mass is 159 g/mol. The number of thiocarbonyl (C=S) groups is 1. The molecule has 1 saturated heterocycles. The van der Waals surface area contributed by atoms with E-state index < -0.39 is 5.97 Å². The molecule has 1 aliphatic rings. The number of likely N-dealkylation sites (N-methyl/N-ethyl adjacent to an activating group) is 1. The minimum atomic E-state index is -0.776. The summed E-state index contributed by atoms with van der Waals surface area (Å²) < 4.78 is 0. The normalized spacial score (nSPS) is 25.5. The van der Waals surface area contributed by atoms with Gasteiger partial charge >= 0.3 is 5.97 Å². The Hall–Kier alpha value is -0.640. The summed E-state index contributed by atoms with van der Waals surface area (Å²) in [6, 6.07) is -0.382. The third-order valence-corrected chi connectivity index (χ3v) is 2.27. The van der Waals surface area contributed by atoms with E-state index in [1.807, 2.05) is 0 Å². The summed E-state index contributed by atoms with van der Waals surface area (Å²) in [4.78, 5) is 12.9. The first-order valence-corrected chi connectivity index (χ1v) is 3.52. The summed E-state index contributed by atoms with van der Waals surface area (Å²) >= 11 is 4.90. The lowest BCUT2D eigenvalue weighted by atomic mass is 10.2. The van der Waals surface area contributed by atoms with Gasteiger partial charge in [-0.15, -0.1) is 0 Å². The van der Waals surface area contributed by atoms with Crippen LogP contribution in [-0.4, -0.2) is 34.1 Å². The van der Waals surface area contributed by atoms with Crippen molar-refractivity contribution in [2.45, 2.75) is 18.9 Å². The van der Waals surface area contributed by atoms with Gasteiger partial charge in [-0.2, -0.15) is 0 Å². The van der Waals surface area contributed by atoms with Crippen molar-refractivity contribution in [3.63, 3.8) is 0 Å². The fourth-order valence-electron chi connectivity index (χ4n) is 1.09. The van der Waals surface area contributed by atoms with Crippen LogP contribution in [0.15, 0.2) is 0 Å². The quantitative estimate of drug-likeness (QED) is 0.565. The van der Waals surface area contributed by atoms with Gasteiger partial charge in [-0.3, -0.25) is 0 Å². The minimum Gasteiger partial charge on any atom is -0.480 e. The largest absolute Gasteiger partial charge is 0.480 e. The number of carboxylic acids is 1. The van der Waals surface area contributed by atoms with E-state index in [1.165, 1.54) is 0 Å². The van der Waals surface area contributed by atoms with Gasteiger partial charge in [0.15, 0.2) is 0 Å². The van der Waals surface area contributed by atoms with Gasteiger partial charge in [0.25, 0.3) is 0 Å². The maximum absolute atomic E-state index is 10.5. The predicted octanol–water partition coefficient (Wildman–Crippen LogP) is 0.493. The van der Waals surface area contributed by atoms with Gasteiger partial charge in [0.05, 0.1) is 4.99 Å². The smallest absolute Gasteiger partial charge is 0.326 e. The standard InChI is InChI=1S/C6H9NO2S/c1-7-4(6(8)9)2-3-5(7)10/h4H,2-3H2,1H3,(H,8,9)/t4-/m0/s1. The lowest BCUT2D eigenvalue weighted by Gasteiger charge is -2.16. The van der Waals surface area contributed by atoms with E-state index in [0.29, 0.717) is 6.42 Å². The maximum atomic E-state index is 10.5. The molecular weight excluding hydrogens is 150 g/mol. The summed E-state index contributed by atoms with van der Waals surface area (Å²) in [6.07, 6.45) is 1.40. The molecule has 0 aliphatic carbocycles. The van der Waals surface area contributed by atoms with Gasteiger partial charge in [-0.25, -0.2) is 4.79 Å². The molecule has 0 aromatic rings. The first-order valence-electron chi connectivity index (χ1n) is 3.11. The average Bonchev–Trinajstić information content (AvgIpc) is 2.14.